The third-order valence-corrected chi connectivity index (χ3v) is 6.66. The van der Waals surface area contributed by atoms with E-state index >= 15 is 0 Å². The van der Waals surface area contributed by atoms with Crippen LogP contribution in [0, 0.1) is 23.3 Å². The maximum absolute atomic E-state index is 14.7. The van der Waals surface area contributed by atoms with Crippen LogP contribution in [-0.2, 0) is 25.1 Å². The van der Waals surface area contributed by atoms with Gasteiger partial charge in [-0.1, -0.05) is 18.2 Å². The second-order valence-corrected chi connectivity index (χ2v) is 8.91. The van der Waals surface area contributed by atoms with Gasteiger partial charge in [-0.25, -0.2) is 22.4 Å². The Morgan fingerprint density at radius 3 is 2.28 bits per heavy atom. The Balaban J connectivity index is 1.87. The Kier molecular flexibility index (Phi) is 6.48. The normalized spacial score (nSPS) is 17.4. The number of primary amides is 1. The highest BCUT2D eigenvalue weighted by Gasteiger charge is 2.45. The molecule has 1 atom stereocenters. The summed E-state index contributed by atoms with van der Waals surface area (Å²) in [5, 5.41) is 9.47. The number of carbonyl (C=O) groups excluding carboxylic acids is 2. The fourth-order valence-corrected chi connectivity index (χ4v) is 4.52. The van der Waals surface area contributed by atoms with Crippen LogP contribution in [0.2, 0.25) is 0 Å². The fourth-order valence-electron chi connectivity index (χ4n) is 4.52. The van der Waals surface area contributed by atoms with E-state index < -0.39 is 52.9 Å². The van der Waals surface area contributed by atoms with Crippen molar-refractivity contribution in [3.8, 4) is 0 Å². The van der Waals surface area contributed by atoms with Crippen molar-refractivity contribution in [2.24, 2.45) is 5.73 Å². The largest absolute Gasteiger partial charge is 0.392 e. The Bertz CT molecular complexity index is 1360. The smallest absolute Gasteiger partial charge is 0.325 e. The number of hydrogen-bond acceptors (Lipinski definition) is 3. The number of aliphatic hydroxyl groups excluding tert-OH is 1. The fraction of sp³-hybridized carbons (Fsp3) is 0.231. The van der Waals surface area contributed by atoms with Crippen molar-refractivity contribution in [3.05, 3.63) is 99.6 Å². The molecule has 0 spiro atoms. The van der Waals surface area contributed by atoms with Gasteiger partial charge < -0.3 is 15.7 Å². The third-order valence-electron chi connectivity index (χ3n) is 6.66. The first-order valence-corrected chi connectivity index (χ1v) is 11.0. The van der Waals surface area contributed by atoms with E-state index in [1.54, 1.807) is 13.0 Å². The lowest BCUT2D eigenvalue weighted by molar-refractivity contribution is 0.0999. The zero-order valence-corrected chi connectivity index (χ0v) is 19.5. The summed E-state index contributed by atoms with van der Waals surface area (Å²) < 4.78 is 57.1. The molecule has 188 valence electrons. The van der Waals surface area contributed by atoms with E-state index in [4.69, 9.17) is 5.73 Å². The van der Waals surface area contributed by atoms with Crippen LogP contribution in [0.25, 0.3) is 0 Å². The Morgan fingerprint density at radius 2 is 1.67 bits per heavy atom. The number of carbonyl (C=O) groups is 2. The van der Waals surface area contributed by atoms with Crippen LogP contribution in [0.1, 0.15) is 39.5 Å². The van der Waals surface area contributed by atoms with Crippen molar-refractivity contribution in [1.29, 1.82) is 0 Å². The summed E-state index contributed by atoms with van der Waals surface area (Å²) in [5.41, 5.74) is 5.10. The lowest BCUT2D eigenvalue weighted by Gasteiger charge is -2.48. The molecule has 3 N–H and O–H groups in total. The zero-order chi connectivity index (χ0) is 26.4. The highest BCUT2D eigenvalue weighted by atomic mass is 19.1. The second-order valence-electron chi connectivity index (χ2n) is 8.91. The number of hydrogen-bond donors (Lipinski definition) is 2. The molecule has 0 saturated carbocycles. The van der Waals surface area contributed by atoms with E-state index in [1.807, 2.05) is 0 Å². The summed E-state index contributed by atoms with van der Waals surface area (Å²) in [6.45, 7) is 0.788. The van der Waals surface area contributed by atoms with Gasteiger partial charge in [0.1, 0.15) is 23.3 Å². The standard InChI is InChI=1S/C26H23F4N3O3/c1-26(11-16-7-14(13-34)3-6-20(16)28)19-5-4-15(24(31)35)8-23(19)33(25(36)32(26)2)12-18-21(29)9-17(27)10-22(18)30/h3-10,34H,11-13H2,1-2H3,(H2,31,35). The number of urea groups is 1. The molecule has 1 heterocycles. The van der Waals surface area contributed by atoms with Gasteiger partial charge in [-0.3, -0.25) is 9.69 Å². The van der Waals surface area contributed by atoms with Crippen molar-refractivity contribution < 1.29 is 32.3 Å². The molecule has 0 aliphatic carbocycles. The molecular formula is C26H23F4N3O3. The summed E-state index contributed by atoms with van der Waals surface area (Å²) >= 11 is 0. The predicted molar refractivity (Wildman–Crippen MR) is 124 cm³/mol. The summed E-state index contributed by atoms with van der Waals surface area (Å²) in [5.74, 6) is -4.78. The quantitative estimate of drug-likeness (QED) is 0.492. The topological polar surface area (TPSA) is 86.9 Å². The number of anilines is 1. The number of nitrogens with two attached hydrogens (primary N) is 1. The monoisotopic (exact) mass is 501 g/mol. The van der Waals surface area contributed by atoms with E-state index in [1.165, 1.54) is 42.3 Å². The van der Waals surface area contributed by atoms with Crippen LogP contribution in [0.3, 0.4) is 0 Å². The minimum absolute atomic E-state index is 0.00899. The van der Waals surface area contributed by atoms with Crippen LogP contribution >= 0.6 is 0 Å². The first-order chi connectivity index (χ1) is 17.0. The van der Waals surface area contributed by atoms with Gasteiger partial charge in [-0.2, -0.15) is 0 Å². The van der Waals surface area contributed by atoms with Gasteiger partial charge in [0.05, 0.1) is 24.4 Å². The predicted octanol–water partition coefficient (Wildman–Crippen LogP) is 4.36. The molecular weight excluding hydrogens is 478 g/mol. The van der Waals surface area contributed by atoms with E-state index in [0.29, 0.717) is 23.3 Å². The van der Waals surface area contributed by atoms with E-state index in [9.17, 15) is 32.3 Å². The third kappa shape index (κ3) is 4.28. The molecule has 0 saturated heterocycles. The van der Waals surface area contributed by atoms with Crippen molar-refractivity contribution in [2.75, 3.05) is 11.9 Å². The molecule has 10 heteroatoms. The molecule has 1 aliphatic rings. The van der Waals surface area contributed by atoms with Crippen LogP contribution in [0.4, 0.5) is 28.0 Å². The highest BCUT2D eigenvalue weighted by Crippen LogP contribution is 2.44. The molecule has 36 heavy (non-hydrogen) atoms. The molecule has 6 nitrogen and oxygen atoms in total. The highest BCUT2D eigenvalue weighted by molar-refractivity contribution is 5.99. The lowest BCUT2D eigenvalue weighted by Crippen LogP contribution is -2.56. The summed E-state index contributed by atoms with van der Waals surface area (Å²) in [6, 6.07) is 8.82. The first kappa shape index (κ1) is 25.2. The van der Waals surface area contributed by atoms with Crippen molar-refractivity contribution in [3.63, 3.8) is 0 Å². The number of likely N-dealkylation sites (N-methyl/N-ethyl adjacent to an activating group) is 1. The minimum Gasteiger partial charge on any atom is -0.392 e. The van der Waals surface area contributed by atoms with Crippen LogP contribution in [0.15, 0.2) is 48.5 Å². The number of nitrogens with zero attached hydrogens (tertiary/aromatic N) is 2. The number of benzene rings is 3. The number of halogens is 4. The Labute approximate surface area is 204 Å². The molecule has 1 unspecified atom stereocenters. The second kappa shape index (κ2) is 9.27. The molecule has 4 rings (SSSR count). The number of amides is 3. The molecule has 0 bridgehead atoms. The summed E-state index contributed by atoms with van der Waals surface area (Å²) in [7, 11) is 1.46. The molecule has 0 aromatic heterocycles. The maximum atomic E-state index is 14.7. The molecule has 1 aliphatic heterocycles. The van der Waals surface area contributed by atoms with E-state index in [2.05, 4.69) is 0 Å². The lowest BCUT2D eigenvalue weighted by atomic mass is 9.80. The Hall–Kier alpha value is -3.92. The zero-order valence-electron chi connectivity index (χ0n) is 19.5. The Morgan fingerprint density at radius 1 is 1.00 bits per heavy atom. The van der Waals surface area contributed by atoms with Gasteiger partial charge in [-0.05, 0) is 36.2 Å². The van der Waals surface area contributed by atoms with Gasteiger partial charge in [-0.15, -0.1) is 0 Å². The first-order valence-electron chi connectivity index (χ1n) is 11.0. The van der Waals surface area contributed by atoms with Gasteiger partial charge in [0.15, 0.2) is 0 Å². The summed E-state index contributed by atoms with van der Waals surface area (Å²) in [4.78, 5) is 27.8. The van der Waals surface area contributed by atoms with Gasteiger partial charge >= 0.3 is 6.03 Å². The minimum atomic E-state index is -1.17. The summed E-state index contributed by atoms with van der Waals surface area (Å²) in [6.07, 6.45) is -0.00899. The molecule has 3 amide bonds. The average molecular weight is 501 g/mol. The molecule has 3 aromatic rings. The van der Waals surface area contributed by atoms with E-state index in [-0.39, 0.29) is 29.8 Å². The van der Waals surface area contributed by atoms with Crippen molar-refractivity contribution in [1.82, 2.24) is 4.90 Å². The van der Waals surface area contributed by atoms with Crippen molar-refractivity contribution in [2.45, 2.75) is 32.0 Å². The van der Waals surface area contributed by atoms with Crippen LogP contribution < -0.4 is 10.6 Å². The van der Waals surface area contributed by atoms with E-state index in [0.717, 1.165) is 4.90 Å². The van der Waals surface area contributed by atoms with Gasteiger partial charge in [0.2, 0.25) is 5.91 Å². The maximum Gasteiger partial charge on any atom is 0.325 e. The van der Waals surface area contributed by atoms with Crippen molar-refractivity contribution >= 4 is 17.6 Å². The number of aliphatic hydroxyl groups is 1. The molecule has 0 fully saturated rings. The SMILES string of the molecule is CN1C(=O)N(Cc2c(F)cc(F)cc2F)c2cc(C(N)=O)ccc2C1(C)Cc1cc(CO)ccc1F. The molecule has 0 radical (unpaired) electrons. The van der Waals surface area contributed by atoms with Crippen LogP contribution in [0.5, 0.6) is 0 Å². The number of rotatable bonds is 6. The van der Waals surface area contributed by atoms with Gasteiger partial charge in [0, 0.05) is 42.3 Å². The number of fused-ring (bicyclic) bond motifs is 1. The van der Waals surface area contributed by atoms with Gasteiger partial charge in [0.25, 0.3) is 0 Å². The van der Waals surface area contributed by atoms with Crippen LogP contribution in [-0.4, -0.2) is 29.0 Å². The average Bonchev–Trinajstić information content (AvgIpc) is 2.83. The molecule has 3 aromatic carbocycles.